The maximum atomic E-state index is 12.2. The molecular weight excluding hydrogens is 258 g/mol. The topological polar surface area (TPSA) is 98.3 Å². The van der Waals surface area contributed by atoms with Gasteiger partial charge in [0.15, 0.2) is 0 Å². The second-order valence-electron chi connectivity index (χ2n) is 5.26. The van der Waals surface area contributed by atoms with Crippen LogP contribution in [-0.2, 0) is 0 Å². The number of rotatable bonds is 4. The molecule has 2 atom stereocenters. The van der Waals surface area contributed by atoms with E-state index in [2.05, 4.69) is 5.32 Å². The Balaban J connectivity index is 2.11. The number of benzene rings is 1. The first-order valence-corrected chi connectivity index (χ1v) is 6.79. The van der Waals surface area contributed by atoms with Crippen molar-refractivity contribution in [3.63, 3.8) is 0 Å². The zero-order valence-electron chi connectivity index (χ0n) is 11.5. The predicted octanol–water partition coefficient (Wildman–Crippen LogP) is 1.76. The highest BCUT2D eigenvalue weighted by Crippen LogP contribution is 2.25. The minimum atomic E-state index is -0.462. The highest BCUT2D eigenvalue weighted by molar-refractivity contribution is 5.96. The molecule has 0 aliphatic heterocycles. The fourth-order valence-electron chi connectivity index (χ4n) is 2.77. The third-order valence-electron chi connectivity index (χ3n) is 3.94. The molecule has 1 amide bonds. The lowest BCUT2D eigenvalue weighted by molar-refractivity contribution is -0.384. The van der Waals surface area contributed by atoms with Crippen molar-refractivity contribution in [2.24, 2.45) is 11.7 Å². The summed E-state index contributed by atoms with van der Waals surface area (Å²) in [6, 6.07) is 4.40. The highest BCUT2D eigenvalue weighted by atomic mass is 16.6. The summed E-state index contributed by atoms with van der Waals surface area (Å²) in [7, 11) is 0. The molecule has 2 unspecified atom stereocenters. The molecule has 3 N–H and O–H groups in total. The largest absolute Gasteiger partial charge is 0.349 e. The van der Waals surface area contributed by atoms with Crippen molar-refractivity contribution < 1.29 is 9.72 Å². The standard InChI is InChI=1S/C14H19N3O3/c1-9-7-11(17(19)20)5-6-12(9)14(18)16-13-4-2-3-10(13)8-15/h5-7,10,13H,2-4,8,15H2,1H3,(H,16,18). The summed E-state index contributed by atoms with van der Waals surface area (Å²) in [5.74, 6) is 0.153. The number of nitrogens with zero attached hydrogens (tertiary/aromatic N) is 1. The molecule has 0 radical (unpaired) electrons. The summed E-state index contributed by atoms with van der Waals surface area (Å²) < 4.78 is 0. The fraction of sp³-hybridized carbons (Fsp3) is 0.500. The molecule has 1 saturated carbocycles. The van der Waals surface area contributed by atoms with E-state index in [1.165, 1.54) is 18.2 Å². The summed E-state index contributed by atoms with van der Waals surface area (Å²) in [6.45, 7) is 2.28. The lowest BCUT2D eigenvalue weighted by Crippen LogP contribution is -2.40. The third-order valence-corrected chi connectivity index (χ3v) is 3.94. The molecule has 1 aliphatic carbocycles. The Kier molecular flexibility index (Phi) is 4.34. The van der Waals surface area contributed by atoms with E-state index < -0.39 is 4.92 Å². The number of nitro benzene ring substituents is 1. The third kappa shape index (κ3) is 2.96. The molecular formula is C14H19N3O3. The van der Waals surface area contributed by atoms with Crippen molar-refractivity contribution in [1.29, 1.82) is 0 Å². The van der Waals surface area contributed by atoms with E-state index in [4.69, 9.17) is 5.73 Å². The molecule has 0 bridgehead atoms. The maximum absolute atomic E-state index is 12.2. The number of nitro groups is 1. The monoisotopic (exact) mass is 277 g/mol. The minimum absolute atomic E-state index is 0.000230. The normalized spacial score (nSPS) is 21.7. The van der Waals surface area contributed by atoms with Gasteiger partial charge in [-0.1, -0.05) is 6.42 Å². The molecule has 6 nitrogen and oxygen atoms in total. The van der Waals surface area contributed by atoms with E-state index >= 15 is 0 Å². The van der Waals surface area contributed by atoms with Crippen LogP contribution in [-0.4, -0.2) is 23.4 Å². The first-order valence-electron chi connectivity index (χ1n) is 6.79. The Bertz CT molecular complexity index is 530. The van der Waals surface area contributed by atoms with Gasteiger partial charge in [0.2, 0.25) is 0 Å². The number of amides is 1. The molecule has 0 saturated heterocycles. The van der Waals surface area contributed by atoms with Crippen LogP contribution in [0.1, 0.15) is 35.2 Å². The van der Waals surface area contributed by atoms with Crippen molar-refractivity contribution in [3.8, 4) is 0 Å². The predicted molar refractivity (Wildman–Crippen MR) is 75.5 cm³/mol. The average Bonchev–Trinajstić information content (AvgIpc) is 2.85. The number of carbonyl (C=O) groups is 1. The minimum Gasteiger partial charge on any atom is -0.349 e. The van der Waals surface area contributed by atoms with Gasteiger partial charge in [-0.3, -0.25) is 14.9 Å². The van der Waals surface area contributed by atoms with E-state index in [1.54, 1.807) is 6.92 Å². The molecule has 1 aromatic carbocycles. The van der Waals surface area contributed by atoms with Crippen LogP contribution in [0.25, 0.3) is 0 Å². The molecule has 1 aromatic rings. The number of aryl methyl sites for hydroxylation is 1. The van der Waals surface area contributed by atoms with Crippen molar-refractivity contribution in [1.82, 2.24) is 5.32 Å². The SMILES string of the molecule is Cc1cc([N+](=O)[O-])ccc1C(=O)NC1CCCC1CN. The lowest BCUT2D eigenvalue weighted by Gasteiger charge is -2.20. The highest BCUT2D eigenvalue weighted by Gasteiger charge is 2.28. The Hall–Kier alpha value is -1.95. The van der Waals surface area contributed by atoms with Crippen LogP contribution in [0.15, 0.2) is 18.2 Å². The molecule has 2 rings (SSSR count). The van der Waals surface area contributed by atoms with Gasteiger partial charge in [0.25, 0.3) is 11.6 Å². The number of hydrogen-bond acceptors (Lipinski definition) is 4. The number of nitrogens with two attached hydrogens (primary N) is 1. The Morgan fingerprint density at radius 1 is 1.50 bits per heavy atom. The van der Waals surface area contributed by atoms with E-state index in [0.717, 1.165) is 19.3 Å². The van der Waals surface area contributed by atoms with Gasteiger partial charge in [-0.05, 0) is 43.9 Å². The van der Waals surface area contributed by atoms with Crippen molar-refractivity contribution in [2.45, 2.75) is 32.2 Å². The Morgan fingerprint density at radius 2 is 2.25 bits per heavy atom. The van der Waals surface area contributed by atoms with Crippen molar-refractivity contribution in [3.05, 3.63) is 39.4 Å². The van der Waals surface area contributed by atoms with Crippen molar-refractivity contribution >= 4 is 11.6 Å². The number of non-ortho nitro benzene ring substituents is 1. The molecule has 0 aromatic heterocycles. The molecule has 0 heterocycles. The first-order chi connectivity index (χ1) is 9.52. The van der Waals surface area contributed by atoms with Gasteiger partial charge in [-0.25, -0.2) is 0 Å². The molecule has 20 heavy (non-hydrogen) atoms. The van der Waals surface area contributed by atoms with Gasteiger partial charge in [-0.15, -0.1) is 0 Å². The first kappa shape index (κ1) is 14.5. The second-order valence-corrected chi connectivity index (χ2v) is 5.26. The van der Waals surface area contributed by atoms with Gasteiger partial charge < -0.3 is 11.1 Å². The maximum Gasteiger partial charge on any atom is 0.269 e. The molecule has 108 valence electrons. The van der Waals surface area contributed by atoms with Crippen LogP contribution in [0.5, 0.6) is 0 Å². The van der Waals surface area contributed by atoms with Crippen LogP contribution < -0.4 is 11.1 Å². The number of hydrogen-bond donors (Lipinski definition) is 2. The van der Waals surface area contributed by atoms with Crippen LogP contribution in [0.3, 0.4) is 0 Å². The Morgan fingerprint density at radius 3 is 2.85 bits per heavy atom. The van der Waals surface area contributed by atoms with E-state index in [-0.39, 0.29) is 17.6 Å². The molecule has 1 aliphatic rings. The number of carbonyl (C=O) groups excluding carboxylic acids is 1. The molecule has 6 heteroatoms. The summed E-state index contributed by atoms with van der Waals surface area (Å²) in [5, 5.41) is 13.7. The summed E-state index contributed by atoms with van der Waals surface area (Å²) in [5.41, 5.74) is 6.79. The van der Waals surface area contributed by atoms with Gasteiger partial charge >= 0.3 is 0 Å². The molecule has 0 spiro atoms. The van der Waals surface area contributed by atoms with E-state index in [0.29, 0.717) is 23.6 Å². The van der Waals surface area contributed by atoms with Crippen LogP contribution in [0, 0.1) is 23.0 Å². The quantitative estimate of drug-likeness (QED) is 0.647. The van der Waals surface area contributed by atoms with E-state index in [1.807, 2.05) is 0 Å². The van der Waals surface area contributed by atoms with E-state index in [9.17, 15) is 14.9 Å². The van der Waals surface area contributed by atoms with Crippen molar-refractivity contribution in [2.75, 3.05) is 6.54 Å². The smallest absolute Gasteiger partial charge is 0.269 e. The summed E-state index contributed by atoms with van der Waals surface area (Å²) >= 11 is 0. The van der Waals surface area contributed by atoms with Gasteiger partial charge in [0.05, 0.1) is 4.92 Å². The fourth-order valence-corrected chi connectivity index (χ4v) is 2.77. The summed E-state index contributed by atoms with van der Waals surface area (Å²) in [4.78, 5) is 22.5. The zero-order valence-corrected chi connectivity index (χ0v) is 11.5. The number of nitrogens with one attached hydrogen (secondary N) is 1. The Labute approximate surface area is 117 Å². The molecule has 1 fully saturated rings. The van der Waals surface area contributed by atoms with Gasteiger partial charge in [-0.2, -0.15) is 0 Å². The second kappa shape index (κ2) is 6.00. The summed E-state index contributed by atoms with van der Waals surface area (Å²) in [6.07, 6.45) is 3.06. The van der Waals surface area contributed by atoms with Gasteiger partial charge in [0.1, 0.15) is 0 Å². The van der Waals surface area contributed by atoms with Crippen LogP contribution >= 0.6 is 0 Å². The lowest BCUT2D eigenvalue weighted by atomic mass is 10.0. The average molecular weight is 277 g/mol. The zero-order chi connectivity index (χ0) is 14.7. The van der Waals surface area contributed by atoms with Crippen LogP contribution in [0.2, 0.25) is 0 Å². The van der Waals surface area contributed by atoms with Crippen LogP contribution in [0.4, 0.5) is 5.69 Å². The van der Waals surface area contributed by atoms with Gasteiger partial charge in [0, 0.05) is 23.7 Å².